The Kier molecular flexibility index (Phi) is 5.34. The normalized spacial score (nSPS) is 10.5. The summed E-state index contributed by atoms with van der Waals surface area (Å²) in [6.07, 6.45) is -0.0676. The van der Waals surface area contributed by atoms with Crippen LogP contribution in [0, 0.1) is 10.1 Å². The Labute approximate surface area is 154 Å². The van der Waals surface area contributed by atoms with Gasteiger partial charge >= 0.3 is 0 Å². The van der Waals surface area contributed by atoms with Gasteiger partial charge in [0.1, 0.15) is 11.5 Å². The summed E-state index contributed by atoms with van der Waals surface area (Å²) in [4.78, 5) is 22.6. The van der Waals surface area contributed by atoms with E-state index in [4.69, 9.17) is 16.0 Å². The highest BCUT2D eigenvalue weighted by molar-refractivity contribution is 6.30. The van der Waals surface area contributed by atoms with Gasteiger partial charge in [-0.3, -0.25) is 14.9 Å². The maximum atomic E-state index is 12.1. The topological polar surface area (TPSA) is 85.4 Å². The minimum absolute atomic E-state index is 0.0642. The van der Waals surface area contributed by atoms with E-state index in [1.54, 1.807) is 36.4 Å². The first-order chi connectivity index (χ1) is 12.5. The number of benzene rings is 2. The SMILES string of the molecule is O=C(Cc1ccccc1[N+](=O)[O-])NCc1ccc(-c2ccc(Cl)cc2)o1. The third kappa shape index (κ3) is 4.29. The molecule has 2 aromatic carbocycles. The monoisotopic (exact) mass is 370 g/mol. The highest BCUT2D eigenvalue weighted by atomic mass is 35.5. The average molecular weight is 371 g/mol. The lowest BCUT2D eigenvalue weighted by Gasteiger charge is -2.04. The van der Waals surface area contributed by atoms with Crippen LogP contribution in [-0.2, 0) is 17.8 Å². The van der Waals surface area contributed by atoms with Crippen molar-refractivity contribution in [2.75, 3.05) is 0 Å². The van der Waals surface area contributed by atoms with Gasteiger partial charge in [-0.25, -0.2) is 0 Å². The summed E-state index contributed by atoms with van der Waals surface area (Å²) in [5.41, 5.74) is 1.19. The second-order valence-electron chi connectivity index (χ2n) is 5.61. The molecule has 0 radical (unpaired) electrons. The highest BCUT2D eigenvalue weighted by Gasteiger charge is 2.15. The maximum Gasteiger partial charge on any atom is 0.273 e. The molecule has 1 heterocycles. The fourth-order valence-corrected chi connectivity index (χ4v) is 2.63. The molecule has 0 atom stereocenters. The fourth-order valence-electron chi connectivity index (χ4n) is 2.50. The lowest BCUT2D eigenvalue weighted by molar-refractivity contribution is -0.385. The van der Waals surface area contributed by atoms with Crippen molar-refractivity contribution in [2.24, 2.45) is 0 Å². The molecule has 0 aliphatic rings. The van der Waals surface area contributed by atoms with Crippen molar-refractivity contribution >= 4 is 23.2 Å². The second kappa shape index (κ2) is 7.84. The standard InChI is InChI=1S/C19H15ClN2O4/c20-15-7-5-13(6-8-15)18-10-9-16(26-18)12-21-19(23)11-14-3-1-2-4-17(14)22(24)25/h1-10H,11-12H2,(H,21,23). The molecule has 3 rings (SSSR count). The predicted octanol–water partition coefficient (Wildman–Crippen LogP) is 4.37. The van der Waals surface area contributed by atoms with Crippen LogP contribution in [0.5, 0.6) is 0 Å². The summed E-state index contributed by atoms with van der Waals surface area (Å²) in [5.74, 6) is 0.944. The van der Waals surface area contributed by atoms with E-state index in [0.29, 0.717) is 22.1 Å². The van der Waals surface area contributed by atoms with Crippen molar-refractivity contribution in [1.82, 2.24) is 5.32 Å². The molecule has 26 heavy (non-hydrogen) atoms. The molecule has 1 N–H and O–H groups in total. The molecule has 1 aromatic heterocycles. The van der Waals surface area contributed by atoms with Crippen LogP contribution < -0.4 is 5.32 Å². The first kappa shape index (κ1) is 17.7. The van der Waals surface area contributed by atoms with Crippen molar-refractivity contribution in [3.63, 3.8) is 0 Å². The van der Waals surface area contributed by atoms with Crippen molar-refractivity contribution < 1.29 is 14.1 Å². The minimum Gasteiger partial charge on any atom is -0.459 e. The third-order valence-electron chi connectivity index (χ3n) is 3.79. The van der Waals surface area contributed by atoms with Crippen molar-refractivity contribution in [1.29, 1.82) is 0 Å². The summed E-state index contributed by atoms with van der Waals surface area (Å²) in [6.45, 7) is 0.201. The van der Waals surface area contributed by atoms with Gasteiger partial charge in [0.25, 0.3) is 5.69 Å². The van der Waals surface area contributed by atoms with Gasteiger partial charge in [0.2, 0.25) is 5.91 Å². The van der Waals surface area contributed by atoms with Gasteiger partial charge in [-0.15, -0.1) is 0 Å². The van der Waals surface area contributed by atoms with Crippen LogP contribution in [0.15, 0.2) is 65.1 Å². The number of rotatable bonds is 6. The summed E-state index contributed by atoms with van der Waals surface area (Å²) in [6, 6.07) is 17.0. The van der Waals surface area contributed by atoms with E-state index in [0.717, 1.165) is 5.56 Å². The number of nitro benzene ring substituents is 1. The molecule has 0 bridgehead atoms. The third-order valence-corrected chi connectivity index (χ3v) is 4.04. The number of para-hydroxylation sites is 1. The smallest absolute Gasteiger partial charge is 0.273 e. The Morgan fingerprint density at radius 3 is 2.54 bits per heavy atom. The van der Waals surface area contributed by atoms with E-state index in [1.165, 1.54) is 6.07 Å². The van der Waals surface area contributed by atoms with Crippen LogP contribution in [0.25, 0.3) is 11.3 Å². The summed E-state index contributed by atoms with van der Waals surface area (Å²) >= 11 is 5.87. The van der Waals surface area contributed by atoms with Crippen molar-refractivity contribution in [3.05, 3.63) is 87.1 Å². The molecule has 0 aliphatic heterocycles. The molecule has 0 saturated heterocycles. The number of hydrogen-bond acceptors (Lipinski definition) is 4. The Bertz CT molecular complexity index is 935. The number of nitrogens with zero attached hydrogens (tertiary/aromatic N) is 1. The van der Waals surface area contributed by atoms with Gasteiger partial charge in [-0.1, -0.05) is 29.8 Å². The van der Waals surface area contributed by atoms with Crippen molar-refractivity contribution in [3.8, 4) is 11.3 Å². The average Bonchev–Trinajstić information content (AvgIpc) is 3.10. The predicted molar refractivity (Wildman–Crippen MR) is 97.8 cm³/mol. The van der Waals surface area contributed by atoms with Gasteiger partial charge in [0.05, 0.1) is 17.9 Å². The van der Waals surface area contributed by atoms with Crippen LogP contribution in [-0.4, -0.2) is 10.8 Å². The molecule has 7 heteroatoms. The summed E-state index contributed by atoms with van der Waals surface area (Å²) in [7, 11) is 0. The highest BCUT2D eigenvalue weighted by Crippen LogP contribution is 2.24. The zero-order chi connectivity index (χ0) is 18.5. The second-order valence-corrected chi connectivity index (χ2v) is 6.05. The summed E-state index contributed by atoms with van der Waals surface area (Å²) < 4.78 is 5.71. The van der Waals surface area contributed by atoms with Gasteiger partial charge in [0, 0.05) is 22.2 Å². The largest absolute Gasteiger partial charge is 0.459 e. The molecular formula is C19H15ClN2O4. The van der Waals surface area contributed by atoms with Gasteiger partial charge in [0.15, 0.2) is 0 Å². The number of carbonyl (C=O) groups excluding carboxylic acids is 1. The molecule has 0 aliphatic carbocycles. The number of furan rings is 1. The van der Waals surface area contributed by atoms with Crippen LogP contribution >= 0.6 is 11.6 Å². The van der Waals surface area contributed by atoms with Gasteiger partial charge in [-0.05, 0) is 36.4 Å². The number of nitro groups is 1. The van der Waals surface area contributed by atoms with E-state index in [2.05, 4.69) is 5.32 Å². The Morgan fingerprint density at radius 2 is 1.81 bits per heavy atom. The molecule has 6 nitrogen and oxygen atoms in total. The molecular weight excluding hydrogens is 356 g/mol. The Balaban J connectivity index is 1.60. The molecule has 132 valence electrons. The van der Waals surface area contributed by atoms with Gasteiger partial charge < -0.3 is 9.73 Å². The number of nitrogens with one attached hydrogen (secondary N) is 1. The van der Waals surface area contributed by atoms with Crippen LogP contribution in [0.1, 0.15) is 11.3 Å². The first-order valence-electron chi connectivity index (χ1n) is 7.86. The number of carbonyl (C=O) groups is 1. The van der Waals surface area contributed by atoms with E-state index >= 15 is 0 Å². The van der Waals surface area contributed by atoms with Crippen LogP contribution in [0.3, 0.4) is 0 Å². The van der Waals surface area contributed by atoms with Crippen LogP contribution in [0.4, 0.5) is 5.69 Å². The lowest BCUT2D eigenvalue weighted by Crippen LogP contribution is -2.24. The zero-order valence-electron chi connectivity index (χ0n) is 13.6. The minimum atomic E-state index is -0.493. The number of hydrogen-bond donors (Lipinski definition) is 1. The number of amides is 1. The molecule has 1 amide bonds. The Hall–Kier alpha value is -3.12. The first-order valence-corrected chi connectivity index (χ1v) is 8.24. The molecule has 0 saturated carbocycles. The molecule has 0 fully saturated rings. The van der Waals surface area contributed by atoms with Crippen LogP contribution in [0.2, 0.25) is 5.02 Å². The van der Waals surface area contributed by atoms with E-state index in [1.807, 2.05) is 18.2 Å². The quantitative estimate of drug-likeness (QED) is 0.515. The van der Waals surface area contributed by atoms with E-state index in [-0.39, 0.29) is 24.6 Å². The molecule has 0 unspecified atom stereocenters. The molecule has 3 aromatic rings. The van der Waals surface area contributed by atoms with Gasteiger partial charge in [-0.2, -0.15) is 0 Å². The maximum absolute atomic E-state index is 12.1. The Morgan fingerprint density at radius 1 is 1.08 bits per heavy atom. The fraction of sp³-hybridized carbons (Fsp3) is 0.105. The zero-order valence-corrected chi connectivity index (χ0v) is 14.4. The molecule has 0 spiro atoms. The summed E-state index contributed by atoms with van der Waals surface area (Å²) in [5, 5.41) is 14.3. The lowest BCUT2D eigenvalue weighted by atomic mass is 10.1. The van der Waals surface area contributed by atoms with E-state index in [9.17, 15) is 14.9 Å². The van der Waals surface area contributed by atoms with Crippen molar-refractivity contribution in [2.45, 2.75) is 13.0 Å². The van der Waals surface area contributed by atoms with E-state index < -0.39 is 4.92 Å². The number of halogens is 1.